The van der Waals surface area contributed by atoms with Crippen molar-refractivity contribution < 1.29 is 9.53 Å². The molecular weight excluding hydrogens is 453 g/mol. The van der Waals surface area contributed by atoms with Crippen LogP contribution in [0.3, 0.4) is 0 Å². The molecule has 156 valence electrons. The van der Waals surface area contributed by atoms with Crippen molar-refractivity contribution in [2.75, 3.05) is 11.9 Å². The second-order valence-corrected chi connectivity index (χ2v) is 8.26. The lowest BCUT2D eigenvalue weighted by Gasteiger charge is -2.07. The van der Waals surface area contributed by atoms with E-state index in [9.17, 15) is 10.1 Å². The molecule has 2 aromatic carbocycles. The number of nitriles is 1. The summed E-state index contributed by atoms with van der Waals surface area (Å²) in [6.07, 6.45) is 5.32. The van der Waals surface area contributed by atoms with Crippen LogP contribution in [0.15, 0.2) is 66.9 Å². The molecule has 1 N–H and O–H groups in total. The molecule has 5 nitrogen and oxygen atoms in total. The molecule has 0 atom stereocenters. The van der Waals surface area contributed by atoms with Crippen LogP contribution >= 0.6 is 34.5 Å². The molecule has 0 aliphatic rings. The molecular formula is C23H17Cl2N3O2S. The molecule has 0 fully saturated rings. The van der Waals surface area contributed by atoms with Crippen molar-refractivity contribution in [2.45, 2.75) is 6.42 Å². The summed E-state index contributed by atoms with van der Waals surface area (Å²) in [6.45, 7) is 3.94. The van der Waals surface area contributed by atoms with Gasteiger partial charge in [-0.3, -0.25) is 10.1 Å². The molecule has 0 bridgehead atoms. The third-order valence-electron chi connectivity index (χ3n) is 4.09. The summed E-state index contributed by atoms with van der Waals surface area (Å²) < 4.78 is 5.57. The number of nitrogens with one attached hydrogen (secondary N) is 1. The molecule has 0 saturated carbocycles. The Morgan fingerprint density at radius 2 is 2.10 bits per heavy atom. The van der Waals surface area contributed by atoms with Crippen molar-refractivity contribution >= 4 is 51.7 Å². The molecule has 0 radical (unpaired) electrons. The van der Waals surface area contributed by atoms with Crippen LogP contribution in [-0.2, 0) is 11.2 Å². The predicted molar refractivity (Wildman–Crippen MR) is 126 cm³/mol. The number of carbonyl (C=O) groups is 1. The lowest BCUT2D eigenvalue weighted by molar-refractivity contribution is -0.112. The zero-order valence-electron chi connectivity index (χ0n) is 16.3. The topological polar surface area (TPSA) is 75.0 Å². The fourth-order valence-corrected chi connectivity index (χ4v) is 3.95. The van der Waals surface area contributed by atoms with Crippen LogP contribution in [0.4, 0.5) is 5.13 Å². The number of rotatable bonds is 8. The fourth-order valence-electron chi connectivity index (χ4n) is 2.65. The number of hydrogen-bond acceptors (Lipinski definition) is 5. The van der Waals surface area contributed by atoms with Gasteiger partial charge in [0.25, 0.3) is 5.91 Å². The molecule has 0 unspecified atom stereocenters. The SMILES string of the molecule is C=CCOc1ccccc1C=C(C#N)C(=O)Nc1ncc(Cc2ccc(Cl)cc2Cl)s1. The molecule has 8 heteroatoms. The van der Waals surface area contributed by atoms with Crippen molar-refractivity contribution in [3.63, 3.8) is 0 Å². The van der Waals surface area contributed by atoms with Crippen LogP contribution in [0.2, 0.25) is 10.0 Å². The van der Waals surface area contributed by atoms with Crippen molar-refractivity contribution in [1.29, 1.82) is 5.26 Å². The molecule has 31 heavy (non-hydrogen) atoms. The summed E-state index contributed by atoms with van der Waals surface area (Å²) in [5.41, 5.74) is 1.46. The second kappa shape index (κ2) is 10.8. The highest BCUT2D eigenvalue weighted by Gasteiger charge is 2.14. The lowest BCUT2D eigenvalue weighted by atomic mass is 10.1. The Bertz CT molecular complexity index is 1180. The Labute approximate surface area is 194 Å². The van der Waals surface area contributed by atoms with Gasteiger partial charge in [-0.1, -0.05) is 60.1 Å². The van der Waals surface area contributed by atoms with Gasteiger partial charge in [0.05, 0.1) is 0 Å². The molecule has 3 aromatic rings. The molecule has 0 saturated heterocycles. The van der Waals surface area contributed by atoms with Gasteiger partial charge >= 0.3 is 0 Å². The van der Waals surface area contributed by atoms with E-state index in [0.717, 1.165) is 10.4 Å². The fraction of sp³-hybridized carbons (Fsp3) is 0.0870. The highest BCUT2D eigenvalue weighted by atomic mass is 35.5. The van der Waals surface area contributed by atoms with E-state index in [1.165, 1.54) is 17.4 Å². The first-order chi connectivity index (χ1) is 15.0. The third kappa shape index (κ3) is 6.19. The van der Waals surface area contributed by atoms with Gasteiger partial charge in [-0.25, -0.2) is 4.98 Å². The van der Waals surface area contributed by atoms with E-state index in [1.807, 2.05) is 18.2 Å². The van der Waals surface area contributed by atoms with Gasteiger partial charge in [0.15, 0.2) is 5.13 Å². The normalized spacial score (nSPS) is 10.9. The standard InChI is InChI=1S/C23H17Cl2N3O2S/c1-2-9-30-21-6-4-3-5-16(21)10-17(13-26)22(29)28-23-27-14-19(31-23)11-15-7-8-18(24)12-20(15)25/h2-8,10,12,14H,1,9,11H2,(H,27,28,29). The predicted octanol–water partition coefficient (Wildman–Crippen LogP) is 6.15. The summed E-state index contributed by atoms with van der Waals surface area (Å²) in [6, 6.07) is 14.4. The van der Waals surface area contributed by atoms with E-state index in [-0.39, 0.29) is 5.57 Å². The van der Waals surface area contributed by atoms with Gasteiger partial charge in [-0.2, -0.15) is 5.26 Å². The number of carbonyl (C=O) groups excluding carboxylic acids is 1. The average Bonchev–Trinajstić information content (AvgIpc) is 3.19. The number of ether oxygens (including phenoxy) is 1. The summed E-state index contributed by atoms with van der Waals surface area (Å²) in [7, 11) is 0. The van der Waals surface area contributed by atoms with E-state index in [2.05, 4.69) is 16.9 Å². The maximum Gasteiger partial charge on any atom is 0.268 e. The lowest BCUT2D eigenvalue weighted by Crippen LogP contribution is -2.13. The van der Waals surface area contributed by atoms with Crippen molar-refractivity contribution in [3.8, 4) is 11.8 Å². The van der Waals surface area contributed by atoms with E-state index in [1.54, 1.807) is 42.6 Å². The summed E-state index contributed by atoms with van der Waals surface area (Å²) in [4.78, 5) is 17.7. The van der Waals surface area contributed by atoms with Crippen molar-refractivity contribution in [1.82, 2.24) is 4.98 Å². The van der Waals surface area contributed by atoms with Crippen LogP contribution in [0, 0.1) is 11.3 Å². The maximum absolute atomic E-state index is 12.6. The Balaban J connectivity index is 1.73. The van der Waals surface area contributed by atoms with E-state index >= 15 is 0 Å². The molecule has 0 spiro atoms. The molecule has 1 heterocycles. The van der Waals surface area contributed by atoms with Crippen molar-refractivity contribution in [2.24, 2.45) is 0 Å². The number of thiazole rings is 1. The van der Waals surface area contributed by atoms with Crippen LogP contribution in [0.5, 0.6) is 5.75 Å². The quantitative estimate of drug-likeness (QED) is 0.243. The van der Waals surface area contributed by atoms with Gasteiger partial charge in [-0.05, 0) is 29.8 Å². The van der Waals surface area contributed by atoms with Crippen LogP contribution in [0.1, 0.15) is 16.0 Å². The molecule has 0 aliphatic carbocycles. The summed E-state index contributed by atoms with van der Waals surface area (Å²) in [5, 5.41) is 13.7. The third-order valence-corrected chi connectivity index (χ3v) is 5.59. The largest absolute Gasteiger partial charge is 0.489 e. The molecule has 1 aromatic heterocycles. The minimum atomic E-state index is -0.550. The number of hydrogen-bond donors (Lipinski definition) is 1. The van der Waals surface area contributed by atoms with Gasteiger partial charge in [0.2, 0.25) is 0 Å². The zero-order valence-corrected chi connectivity index (χ0v) is 18.6. The van der Waals surface area contributed by atoms with Gasteiger partial charge in [0, 0.05) is 33.1 Å². The summed E-state index contributed by atoms with van der Waals surface area (Å²) in [5.74, 6) is 0.00535. The Kier molecular flexibility index (Phi) is 7.85. The van der Waals surface area contributed by atoms with Crippen LogP contribution < -0.4 is 10.1 Å². The highest BCUT2D eigenvalue weighted by Crippen LogP contribution is 2.27. The van der Waals surface area contributed by atoms with E-state index < -0.39 is 5.91 Å². The Morgan fingerprint density at radius 1 is 1.29 bits per heavy atom. The highest BCUT2D eigenvalue weighted by molar-refractivity contribution is 7.15. The smallest absolute Gasteiger partial charge is 0.268 e. The number of para-hydroxylation sites is 1. The average molecular weight is 470 g/mol. The maximum atomic E-state index is 12.6. The number of benzene rings is 2. The molecule has 3 rings (SSSR count). The number of aromatic nitrogens is 1. The number of amides is 1. The number of anilines is 1. The van der Waals surface area contributed by atoms with E-state index in [0.29, 0.717) is 39.5 Å². The van der Waals surface area contributed by atoms with Gasteiger partial charge in [-0.15, -0.1) is 11.3 Å². The molecule has 0 aliphatic heterocycles. The van der Waals surface area contributed by atoms with Crippen LogP contribution in [-0.4, -0.2) is 17.5 Å². The van der Waals surface area contributed by atoms with Gasteiger partial charge < -0.3 is 4.74 Å². The van der Waals surface area contributed by atoms with Crippen molar-refractivity contribution in [3.05, 3.63) is 92.9 Å². The Hall–Kier alpha value is -3.11. The molecule has 1 amide bonds. The minimum absolute atomic E-state index is 0.0628. The Morgan fingerprint density at radius 3 is 2.84 bits per heavy atom. The first-order valence-electron chi connectivity index (χ1n) is 9.14. The minimum Gasteiger partial charge on any atom is -0.489 e. The van der Waals surface area contributed by atoms with Crippen LogP contribution in [0.25, 0.3) is 6.08 Å². The zero-order chi connectivity index (χ0) is 22.2. The monoisotopic (exact) mass is 469 g/mol. The van der Waals surface area contributed by atoms with Gasteiger partial charge in [0.1, 0.15) is 24.0 Å². The number of halogens is 2. The first-order valence-corrected chi connectivity index (χ1v) is 10.7. The number of nitrogens with zero attached hydrogens (tertiary/aromatic N) is 2. The summed E-state index contributed by atoms with van der Waals surface area (Å²) >= 11 is 13.5. The first kappa shape index (κ1) is 22.6. The van der Waals surface area contributed by atoms with E-state index in [4.69, 9.17) is 27.9 Å². The second-order valence-electron chi connectivity index (χ2n) is 6.31.